The third-order valence-corrected chi connectivity index (χ3v) is 3.85. The van der Waals surface area contributed by atoms with Crippen LogP contribution < -0.4 is 5.32 Å². The zero-order valence-electron chi connectivity index (χ0n) is 13.0. The summed E-state index contributed by atoms with van der Waals surface area (Å²) in [5.41, 5.74) is 2.05. The van der Waals surface area contributed by atoms with Crippen molar-refractivity contribution in [2.45, 2.75) is 26.7 Å². The van der Waals surface area contributed by atoms with Crippen LogP contribution in [0, 0.1) is 5.92 Å². The zero-order chi connectivity index (χ0) is 15.1. The van der Waals surface area contributed by atoms with Gasteiger partial charge in [-0.1, -0.05) is 11.6 Å². The second-order valence-electron chi connectivity index (χ2n) is 6.00. The van der Waals surface area contributed by atoms with E-state index in [1.165, 1.54) is 25.0 Å². The molecular formula is C17H25N3O. The van der Waals surface area contributed by atoms with E-state index in [1.54, 1.807) is 24.5 Å². The lowest BCUT2D eigenvalue weighted by atomic mass is 9.98. The molecule has 0 bridgehead atoms. The van der Waals surface area contributed by atoms with Gasteiger partial charge in [-0.3, -0.25) is 14.7 Å². The third-order valence-electron chi connectivity index (χ3n) is 3.85. The smallest absolute Gasteiger partial charge is 0.251 e. The van der Waals surface area contributed by atoms with E-state index >= 15 is 0 Å². The Morgan fingerprint density at radius 1 is 1.43 bits per heavy atom. The van der Waals surface area contributed by atoms with Crippen LogP contribution in [-0.2, 0) is 0 Å². The van der Waals surface area contributed by atoms with Gasteiger partial charge in [-0.05, 0) is 51.3 Å². The Morgan fingerprint density at radius 2 is 2.19 bits per heavy atom. The van der Waals surface area contributed by atoms with Crippen molar-refractivity contribution >= 4 is 5.91 Å². The molecule has 1 amide bonds. The highest BCUT2D eigenvalue weighted by molar-refractivity contribution is 5.93. The Labute approximate surface area is 127 Å². The van der Waals surface area contributed by atoms with Crippen LogP contribution in [-0.4, -0.2) is 42.0 Å². The molecule has 1 unspecified atom stereocenters. The minimum Gasteiger partial charge on any atom is -0.352 e. The summed E-state index contributed by atoms with van der Waals surface area (Å²) >= 11 is 0. The second-order valence-corrected chi connectivity index (χ2v) is 6.00. The second kappa shape index (κ2) is 7.93. The van der Waals surface area contributed by atoms with Gasteiger partial charge >= 0.3 is 0 Å². The number of carbonyl (C=O) groups is 1. The molecule has 1 fully saturated rings. The fourth-order valence-electron chi connectivity index (χ4n) is 2.64. The van der Waals surface area contributed by atoms with Gasteiger partial charge in [0.15, 0.2) is 0 Å². The van der Waals surface area contributed by atoms with Gasteiger partial charge in [-0.25, -0.2) is 0 Å². The fraction of sp³-hybridized carbons (Fsp3) is 0.529. The van der Waals surface area contributed by atoms with E-state index in [0.717, 1.165) is 19.6 Å². The molecule has 4 heteroatoms. The molecule has 0 aromatic carbocycles. The number of rotatable bonds is 5. The van der Waals surface area contributed by atoms with Crippen molar-refractivity contribution in [3.8, 4) is 0 Å². The Kier molecular flexibility index (Phi) is 5.93. The van der Waals surface area contributed by atoms with Crippen LogP contribution in [0.1, 0.15) is 37.0 Å². The average Bonchev–Trinajstić information content (AvgIpc) is 2.52. The molecule has 21 heavy (non-hydrogen) atoms. The van der Waals surface area contributed by atoms with Gasteiger partial charge in [0.2, 0.25) is 0 Å². The summed E-state index contributed by atoms with van der Waals surface area (Å²) < 4.78 is 0. The first kappa shape index (κ1) is 15.7. The van der Waals surface area contributed by atoms with Crippen molar-refractivity contribution in [3.05, 3.63) is 41.7 Å². The lowest BCUT2D eigenvalue weighted by molar-refractivity contribution is 0.0934. The number of piperidine rings is 1. The lowest BCUT2D eigenvalue weighted by Crippen LogP contribution is -2.41. The van der Waals surface area contributed by atoms with Gasteiger partial charge in [-0.2, -0.15) is 0 Å². The van der Waals surface area contributed by atoms with E-state index in [4.69, 9.17) is 0 Å². The Hall–Kier alpha value is -1.68. The van der Waals surface area contributed by atoms with Crippen molar-refractivity contribution in [2.24, 2.45) is 5.92 Å². The normalized spacial score (nSPS) is 19.0. The SMILES string of the molecule is CC(C)=CCN1CCCC(CNC(=O)c2ccncc2)C1. The van der Waals surface area contributed by atoms with E-state index in [9.17, 15) is 4.79 Å². The Balaban J connectivity index is 1.78. The van der Waals surface area contributed by atoms with Crippen LogP contribution in [0.3, 0.4) is 0 Å². The fourth-order valence-corrected chi connectivity index (χ4v) is 2.64. The first-order valence-electron chi connectivity index (χ1n) is 7.69. The van der Waals surface area contributed by atoms with Gasteiger partial charge in [0, 0.05) is 37.6 Å². The Morgan fingerprint density at radius 3 is 2.90 bits per heavy atom. The van der Waals surface area contributed by atoms with E-state index in [2.05, 4.69) is 35.1 Å². The minimum atomic E-state index is -0.00109. The molecule has 114 valence electrons. The monoisotopic (exact) mass is 287 g/mol. The molecule has 0 saturated carbocycles. The molecule has 1 aliphatic rings. The van der Waals surface area contributed by atoms with Crippen LogP contribution >= 0.6 is 0 Å². The molecule has 2 rings (SSSR count). The average molecular weight is 287 g/mol. The number of amides is 1. The number of likely N-dealkylation sites (tertiary alicyclic amines) is 1. The van der Waals surface area contributed by atoms with Crippen molar-refractivity contribution in [1.29, 1.82) is 0 Å². The van der Waals surface area contributed by atoms with Gasteiger partial charge in [0.25, 0.3) is 5.91 Å². The van der Waals surface area contributed by atoms with E-state index in [1.807, 2.05) is 0 Å². The number of allylic oxidation sites excluding steroid dienone is 1. The molecule has 0 radical (unpaired) electrons. The van der Waals surface area contributed by atoms with Crippen molar-refractivity contribution in [2.75, 3.05) is 26.2 Å². The molecular weight excluding hydrogens is 262 g/mol. The molecule has 2 heterocycles. The topological polar surface area (TPSA) is 45.2 Å². The first-order chi connectivity index (χ1) is 10.1. The van der Waals surface area contributed by atoms with Crippen molar-refractivity contribution in [3.63, 3.8) is 0 Å². The summed E-state index contributed by atoms with van der Waals surface area (Å²) in [6, 6.07) is 3.49. The molecule has 1 aliphatic heterocycles. The van der Waals surface area contributed by atoms with E-state index in [-0.39, 0.29) is 5.91 Å². The van der Waals surface area contributed by atoms with E-state index < -0.39 is 0 Å². The van der Waals surface area contributed by atoms with Crippen molar-refractivity contribution < 1.29 is 4.79 Å². The number of hydrogen-bond donors (Lipinski definition) is 1. The van der Waals surface area contributed by atoms with Gasteiger partial charge in [0.1, 0.15) is 0 Å². The third kappa shape index (κ3) is 5.31. The lowest BCUT2D eigenvalue weighted by Gasteiger charge is -2.32. The van der Waals surface area contributed by atoms with Crippen LogP contribution in [0.4, 0.5) is 0 Å². The molecule has 1 atom stereocenters. The highest BCUT2D eigenvalue weighted by Gasteiger charge is 2.19. The molecule has 0 spiro atoms. The maximum absolute atomic E-state index is 12.0. The molecule has 1 aromatic rings. The van der Waals surface area contributed by atoms with Crippen LogP contribution in [0.2, 0.25) is 0 Å². The van der Waals surface area contributed by atoms with Gasteiger partial charge in [-0.15, -0.1) is 0 Å². The predicted molar refractivity (Wildman–Crippen MR) is 85.2 cm³/mol. The molecule has 4 nitrogen and oxygen atoms in total. The summed E-state index contributed by atoms with van der Waals surface area (Å²) in [7, 11) is 0. The largest absolute Gasteiger partial charge is 0.352 e. The zero-order valence-corrected chi connectivity index (χ0v) is 13.0. The number of carbonyl (C=O) groups excluding carboxylic acids is 1. The molecule has 0 aliphatic carbocycles. The van der Waals surface area contributed by atoms with Crippen LogP contribution in [0.15, 0.2) is 36.2 Å². The van der Waals surface area contributed by atoms with Crippen LogP contribution in [0.5, 0.6) is 0 Å². The number of aromatic nitrogens is 1. The summed E-state index contributed by atoms with van der Waals surface area (Å²) in [5.74, 6) is 0.550. The number of pyridine rings is 1. The maximum atomic E-state index is 12.0. The van der Waals surface area contributed by atoms with Crippen LogP contribution in [0.25, 0.3) is 0 Å². The number of nitrogens with zero attached hydrogens (tertiary/aromatic N) is 2. The summed E-state index contributed by atoms with van der Waals surface area (Å²) in [4.78, 5) is 18.4. The van der Waals surface area contributed by atoms with Gasteiger partial charge < -0.3 is 5.32 Å². The quantitative estimate of drug-likeness (QED) is 0.846. The summed E-state index contributed by atoms with van der Waals surface area (Å²) in [6.45, 7) is 8.29. The number of hydrogen-bond acceptors (Lipinski definition) is 3. The molecule has 1 N–H and O–H groups in total. The van der Waals surface area contributed by atoms with E-state index in [0.29, 0.717) is 11.5 Å². The van der Waals surface area contributed by atoms with Crippen molar-refractivity contribution in [1.82, 2.24) is 15.2 Å². The minimum absolute atomic E-state index is 0.00109. The molecule has 1 aromatic heterocycles. The summed E-state index contributed by atoms with van der Waals surface area (Å²) in [5, 5.41) is 3.05. The summed E-state index contributed by atoms with van der Waals surface area (Å²) in [6.07, 6.45) is 7.99. The Bertz CT molecular complexity index is 480. The molecule has 1 saturated heterocycles. The maximum Gasteiger partial charge on any atom is 0.251 e. The first-order valence-corrected chi connectivity index (χ1v) is 7.69. The number of nitrogens with one attached hydrogen (secondary N) is 1. The standard InChI is InChI=1S/C17H25N3O/c1-14(2)7-11-20-10-3-4-15(13-20)12-19-17(21)16-5-8-18-9-6-16/h5-9,15H,3-4,10-13H2,1-2H3,(H,19,21). The van der Waals surface area contributed by atoms with Gasteiger partial charge in [0.05, 0.1) is 0 Å². The highest BCUT2D eigenvalue weighted by atomic mass is 16.1. The highest BCUT2D eigenvalue weighted by Crippen LogP contribution is 2.16. The predicted octanol–water partition coefficient (Wildman–Crippen LogP) is 2.49.